The Kier molecular flexibility index (Phi) is 7.23. The molecular weight excluding hydrogens is 266 g/mol. The van der Waals surface area contributed by atoms with Crippen LogP contribution in [0.2, 0.25) is 0 Å². The van der Waals surface area contributed by atoms with Gasteiger partial charge in [-0.3, -0.25) is 4.79 Å². The summed E-state index contributed by atoms with van der Waals surface area (Å²) in [5.74, 6) is 0.940. The van der Waals surface area contributed by atoms with Crippen molar-refractivity contribution in [3.05, 3.63) is 29.3 Å². The van der Waals surface area contributed by atoms with Gasteiger partial charge in [-0.1, -0.05) is 12.1 Å². The van der Waals surface area contributed by atoms with Crippen LogP contribution in [-0.2, 0) is 9.53 Å². The minimum absolute atomic E-state index is 0.0172. The van der Waals surface area contributed by atoms with Gasteiger partial charge in [0.25, 0.3) is 5.91 Å². The largest absolute Gasteiger partial charge is 0.493 e. The van der Waals surface area contributed by atoms with Gasteiger partial charge in [0.1, 0.15) is 11.9 Å². The lowest BCUT2D eigenvalue weighted by Gasteiger charge is -2.21. The first-order chi connectivity index (χ1) is 9.95. The molecule has 1 aromatic carbocycles. The molecule has 0 aromatic heterocycles. The molecule has 1 aromatic rings. The second-order valence-electron chi connectivity index (χ2n) is 5.33. The Morgan fingerprint density at radius 1 is 1.33 bits per heavy atom. The van der Waals surface area contributed by atoms with Crippen LogP contribution in [0.5, 0.6) is 5.75 Å². The van der Waals surface area contributed by atoms with E-state index in [0.717, 1.165) is 17.7 Å². The first kappa shape index (κ1) is 17.5. The number of amides is 1. The van der Waals surface area contributed by atoms with Crippen LogP contribution < -0.4 is 4.74 Å². The van der Waals surface area contributed by atoms with Gasteiger partial charge in [-0.15, -0.1) is 0 Å². The molecule has 0 heterocycles. The van der Waals surface area contributed by atoms with E-state index in [-0.39, 0.29) is 12.0 Å². The van der Waals surface area contributed by atoms with E-state index < -0.39 is 0 Å². The van der Waals surface area contributed by atoms with Gasteiger partial charge in [0.2, 0.25) is 0 Å². The molecule has 0 unspecified atom stereocenters. The number of carbonyl (C=O) groups is 1. The Bertz CT molecular complexity index is 459. The topological polar surface area (TPSA) is 38.8 Å². The molecule has 0 fully saturated rings. The van der Waals surface area contributed by atoms with Crippen LogP contribution in [-0.4, -0.2) is 43.7 Å². The number of rotatable bonds is 8. The highest BCUT2D eigenvalue weighted by Gasteiger charge is 2.16. The fourth-order valence-corrected chi connectivity index (χ4v) is 2.09. The molecule has 0 aliphatic carbocycles. The minimum atomic E-state index is -0.375. The molecule has 0 spiro atoms. The second kappa shape index (κ2) is 8.67. The maximum Gasteiger partial charge on any atom is 0.251 e. The van der Waals surface area contributed by atoms with Gasteiger partial charge >= 0.3 is 0 Å². The van der Waals surface area contributed by atoms with E-state index in [9.17, 15) is 4.79 Å². The van der Waals surface area contributed by atoms with Crippen molar-refractivity contribution >= 4 is 5.91 Å². The summed E-state index contributed by atoms with van der Waals surface area (Å²) in [7, 11) is 1.80. The van der Waals surface area contributed by atoms with Crippen molar-refractivity contribution in [2.75, 3.05) is 26.8 Å². The highest BCUT2D eigenvalue weighted by atomic mass is 16.5. The molecule has 0 saturated carbocycles. The highest BCUT2D eigenvalue weighted by Crippen LogP contribution is 2.19. The Hall–Kier alpha value is -1.55. The molecule has 0 aliphatic rings. The first-order valence-electron chi connectivity index (χ1n) is 7.52. The van der Waals surface area contributed by atoms with Crippen molar-refractivity contribution in [2.24, 2.45) is 0 Å². The maximum atomic E-state index is 12.0. The summed E-state index contributed by atoms with van der Waals surface area (Å²) in [6, 6.07) is 6.18. The number of ether oxygens (including phenoxy) is 2. The second-order valence-corrected chi connectivity index (χ2v) is 5.33. The number of likely N-dealkylation sites (N-methyl/N-ethyl adjacent to an activating group) is 1. The molecule has 1 atom stereocenters. The van der Waals surface area contributed by atoms with E-state index in [4.69, 9.17) is 9.47 Å². The van der Waals surface area contributed by atoms with E-state index in [0.29, 0.717) is 19.8 Å². The van der Waals surface area contributed by atoms with Gasteiger partial charge in [-0.05, 0) is 51.3 Å². The van der Waals surface area contributed by atoms with E-state index in [1.807, 2.05) is 26.8 Å². The molecule has 4 nitrogen and oxygen atoms in total. The average Bonchev–Trinajstić information content (AvgIpc) is 2.46. The lowest BCUT2D eigenvalue weighted by Crippen LogP contribution is -2.37. The van der Waals surface area contributed by atoms with E-state index in [2.05, 4.69) is 12.1 Å². The van der Waals surface area contributed by atoms with Crippen LogP contribution in [0.15, 0.2) is 18.2 Å². The Morgan fingerprint density at radius 3 is 2.71 bits per heavy atom. The number of hydrogen-bond donors (Lipinski definition) is 0. The first-order valence-corrected chi connectivity index (χ1v) is 7.52. The quantitative estimate of drug-likeness (QED) is 0.692. The van der Waals surface area contributed by atoms with Gasteiger partial charge < -0.3 is 14.4 Å². The van der Waals surface area contributed by atoms with E-state index in [1.54, 1.807) is 18.9 Å². The predicted octanol–water partition coefficient (Wildman–Crippen LogP) is 2.96. The summed E-state index contributed by atoms with van der Waals surface area (Å²) in [5.41, 5.74) is 2.32. The normalized spacial score (nSPS) is 12.0. The zero-order chi connectivity index (χ0) is 15.8. The van der Waals surface area contributed by atoms with Crippen molar-refractivity contribution in [1.29, 1.82) is 0 Å². The third-order valence-corrected chi connectivity index (χ3v) is 3.38. The lowest BCUT2D eigenvalue weighted by atomic mass is 10.1. The smallest absolute Gasteiger partial charge is 0.251 e. The average molecular weight is 293 g/mol. The molecular formula is C17H27NO3. The van der Waals surface area contributed by atoms with Crippen LogP contribution in [0.1, 0.15) is 31.4 Å². The summed E-state index contributed by atoms with van der Waals surface area (Å²) in [5, 5.41) is 0. The number of carbonyl (C=O) groups excluding carboxylic acids is 1. The van der Waals surface area contributed by atoms with Crippen LogP contribution in [0.3, 0.4) is 0 Å². The highest BCUT2D eigenvalue weighted by molar-refractivity contribution is 5.80. The number of hydrogen-bond acceptors (Lipinski definition) is 3. The number of benzene rings is 1. The Labute approximate surface area is 128 Å². The third kappa shape index (κ3) is 5.76. The maximum absolute atomic E-state index is 12.0. The van der Waals surface area contributed by atoms with Crippen LogP contribution in [0, 0.1) is 13.8 Å². The third-order valence-electron chi connectivity index (χ3n) is 3.38. The standard InChI is InChI=1S/C17H27NO3/c1-6-20-15(4)17(19)18(5)10-7-11-21-16-12-13(2)8-9-14(16)3/h8-9,12,15H,6-7,10-11H2,1-5H3/t15-/m0/s1. The molecule has 4 heteroatoms. The summed E-state index contributed by atoms with van der Waals surface area (Å²) < 4.78 is 11.1. The molecule has 118 valence electrons. The number of aryl methyl sites for hydroxylation is 2. The monoisotopic (exact) mass is 293 g/mol. The molecule has 0 radical (unpaired) electrons. The predicted molar refractivity (Wildman–Crippen MR) is 84.8 cm³/mol. The fraction of sp³-hybridized carbons (Fsp3) is 0.588. The van der Waals surface area contributed by atoms with E-state index in [1.165, 1.54) is 5.56 Å². The minimum Gasteiger partial charge on any atom is -0.493 e. The fourth-order valence-electron chi connectivity index (χ4n) is 2.09. The van der Waals surface area contributed by atoms with Crippen molar-refractivity contribution in [3.8, 4) is 5.75 Å². The molecule has 0 aliphatic heterocycles. The van der Waals surface area contributed by atoms with E-state index >= 15 is 0 Å². The van der Waals surface area contributed by atoms with Gasteiger partial charge in [0.05, 0.1) is 6.61 Å². The van der Waals surface area contributed by atoms with Crippen molar-refractivity contribution < 1.29 is 14.3 Å². The van der Waals surface area contributed by atoms with Crippen LogP contribution in [0.25, 0.3) is 0 Å². The Balaban J connectivity index is 2.33. The summed E-state index contributed by atoms with van der Waals surface area (Å²) in [6.07, 6.45) is 0.425. The van der Waals surface area contributed by atoms with Gasteiger partial charge in [0.15, 0.2) is 0 Å². The zero-order valence-electron chi connectivity index (χ0n) is 13.8. The van der Waals surface area contributed by atoms with Crippen LogP contribution >= 0.6 is 0 Å². The summed E-state index contributed by atoms with van der Waals surface area (Å²) in [6.45, 7) is 9.58. The molecule has 1 rings (SSSR count). The Morgan fingerprint density at radius 2 is 2.05 bits per heavy atom. The molecule has 0 N–H and O–H groups in total. The zero-order valence-corrected chi connectivity index (χ0v) is 13.8. The van der Waals surface area contributed by atoms with Crippen molar-refractivity contribution in [2.45, 2.75) is 40.2 Å². The van der Waals surface area contributed by atoms with Crippen molar-refractivity contribution in [3.63, 3.8) is 0 Å². The lowest BCUT2D eigenvalue weighted by molar-refractivity contribution is -0.141. The molecule has 21 heavy (non-hydrogen) atoms. The van der Waals surface area contributed by atoms with Gasteiger partial charge in [-0.25, -0.2) is 0 Å². The van der Waals surface area contributed by atoms with Gasteiger partial charge in [0, 0.05) is 20.2 Å². The molecule has 1 amide bonds. The summed E-state index contributed by atoms with van der Waals surface area (Å²) >= 11 is 0. The van der Waals surface area contributed by atoms with Gasteiger partial charge in [-0.2, -0.15) is 0 Å². The SMILES string of the molecule is CCO[C@@H](C)C(=O)N(C)CCCOc1cc(C)ccc1C. The number of nitrogens with zero attached hydrogens (tertiary/aromatic N) is 1. The van der Waals surface area contributed by atoms with Crippen LogP contribution in [0.4, 0.5) is 0 Å². The molecule has 0 bridgehead atoms. The summed E-state index contributed by atoms with van der Waals surface area (Å²) in [4.78, 5) is 13.7. The molecule has 0 saturated heterocycles. The van der Waals surface area contributed by atoms with Crippen molar-refractivity contribution in [1.82, 2.24) is 4.90 Å².